The molecule has 1 aromatic heterocycles. The van der Waals surface area contributed by atoms with Crippen LogP contribution < -0.4 is 5.56 Å². The Morgan fingerprint density at radius 3 is 2.63 bits per heavy atom. The van der Waals surface area contributed by atoms with Crippen molar-refractivity contribution in [3.63, 3.8) is 0 Å². The zero-order valence-electron chi connectivity index (χ0n) is 11.1. The van der Waals surface area contributed by atoms with Crippen LogP contribution in [-0.4, -0.2) is 10.7 Å². The highest BCUT2D eigenvalue weighted by Gasteiger charge is 2.22. The molecule has 2 aromatic rings. The van der Waals surface area contributed by atoms with Gasteiger partial charge in [0.2, 0.25) is 0 Å². The summed E-state index contributed by atoms with van der Waals surface area (Å²) in [4.78, 5) is 12.5. The first-order valence-electron chi connectivity index (χ1n) is 6.91. The van der Waals surface area contributed by atoms with Gasteiger partial charge in [0.1, 0.15) is 6.17 Å². The van der Waals surface area contributed by atoms with Crippen LogP contribution in [0.4, 0.5) is 4.39 Å². The Morgan fingerprint density at radius 1 is 1.16 bits per heavy atom. The number of nitrogens with zero attached hydrogens (tertiary/aromatic N) is 1. The van der Waals surface area contributed by atoms with Gasteiger partial charge in [0.25, 0.3) is 5.56 Å². The Kier molecular flexibility index (Phi) is 3.13. The summed E-state index contributed by atoms with van der Waals surface area (Å²) in [6, 6.07) is 8.08. The maximum Gasteiger partial charge on any atom is 0.258 e. The molecular formula is C16H18FNO. The minimum Gasteiger partial charge on any atom is -0.312 e. The molecule has 0 amide bonds. The molecule has 100 valence electrons. The van der Waals surface area contributed by atoms with Crippen molar-refractivity contribution in [3.8, 4) is 0 Å². The Bertz CT molecular complexity index is 653. The number of hydrogen-bond donors (Lipinski definition) is 0. The van der Waals surface area contributed by atoms with E-state index in [1.54, 1.807) is 4.57 Å². The van der Waals surface area contributed by atoms with Gasteiger partial charge in [-0.15, -0.1) is 0 Å². The highest BCUT2D eigenvalue weighted by Crippen LogP contribution is 2.29. The van der Waals surface area contributed by atoms with Crippen LogP contribution in [0.5, 0.6) is 0 Å². The fraction of sp³-hybridized carbons (Fsp3) is 0.438. The van der Waals surface area contributed by atoms with E-state index in [-0.39, 0.29) is 11.6 Å². The highest BCUT2D eigenvalue weighted by atomic mass is 19.1. The predicted octanol–water partition coefficient (Wildman–Crippen LogP) is 3.76. The molecule has 2 nitrogen and oxygen atoms in total. The third-order valence-corrected chi connectivity index (χ3v) is 4.11. The lowest BCUT2D eigenvalue weighted by molar-refractivity contribution is 0.207. The predicted molar refractivity (Wildman–Crippen MR) is 75.3 cm³/mol. The number of pyridine rings is 1. The Hall–Kier alpha value is -1.64. The summed E-state index contributed by atoms with van der Waals surface area (Å²) in [7, 11) is 0. The lowest BCUT2D eigenvalue weighted by Gasteiger charge is -2.26. The lowest BCUT2D eigenvalue weighted by atomic mass is 9.93. The van der Waals surface area contributed by atoms with Crippen LogP contribution in [0.25, 0.3) is 10.8 Å². The van der Waals surface area contributed by atoms with Crippen molar-refractivity contribution in [2.75, 3.05) is 0 Å². The van der Waals surface area contributed by atoms with Gasteiger partial charge in [-0.2, -0.15) is 0 Å². The van der Waals surface area contributed by atoms with E-state index in [2.05, 4.69) is 0 Å². The van der Waals surface area contributed by atoms with Crippen molar-refractivity contribution in [1.29, 1.82) is 0 Å². The van der Waals surface area contributed by atoms with Crippen molar-refractivity contribution in [1.82, 2.24) is 4.57 Å². The van der Waals surface area contributed by atoms with E-state index >= 15 is 0 Å². The van der Waals surface area contributed by atoms with Gasteiger partial charge in [-0.1, -0.05) is 17.7 Å². The molecule has 0 aliphatic heterocycles. The van der Waals surface area contributed by atoms with Gasteiger partial charge in [-0.3, -0.25) is 4.79 Å². The van der Waals surface area contributed by atoms with Crippen molar-refractivity contribution in [2.24, 2.45) is 0 Å². The molecule has 0 radical (unpaired) electrons. The van der Waals surface area contributed by atoms with Gasteiger partial charge >= 0.3 is 0 Å². The molecule has 0 unspecified atom stereocenters. The molecule has 1 aliphatic rings. The molecule has 1 saturated carbocycles. The maximum absolute atomic E-state index is 13.2. The average molecular weight is 259 g/mol. The Labute approximate surface area is 111 Å². The summed E-state index contributed by atoms with van der Waals surface area (Å²) in [6.07, 6.45) is 3.85. The SMILES string of the molecule is Cc1ccc2ccn(C3CCC(F)CC3)c(=O)c2c1. The molecule has 1 aliphatic carbocycles. The highest BCUT2D eigenvalue weighted by molar-refractivity contribution is 5.82. The van der Waals surface area contributed by atoms with Crippen LogP contribution >= 0.6 is 0 Å². The summed E-state index contributed by atoms with van der Waals surface area (Å²) >= 11 is 0. The van der Waals surface area contributed by atoms with Gasteiger partial charge in [0.15, 0.2) is 0 Å². The first-order valence-corrected chi connectivity index (χ1v) is 6.91. The van der Waals surface area contributed by atoms with Gasteiger partial charge < -0.3 is 4.57 Å². The third kappa shape index (κ3) is 2.29. The topological polar surface area (TPSA) is 22.0 Å². The Morgan fingerprint density at radius 2 is 1.89 bits per heavy atom. The zero-order chi connectivity index (χ0) is 13.4. The number of aryl methyl sites for hydroxylation is 1. The molecule has 1 fully saturated rings. The Balaban J connectivity index is 2.05. The molecule has 0 saturated heterocycles. The first kappa shape index (κ1) is 12.4. The van der Waals surface area contributed by atoms with Crippen molar-refractivity contribution in [3.05, 3.63) is 46.4 Å². The lowest BCUT2D eigenvalue weighted by Crippen LogP contribution is -2.28. The van der Waals surface area contributed by atoms with Gasteiger partial charge in [0, 0.05) is 17.6 Å². The number of benzene rings is 1. The molecule has 3 rings (SSSR count). The molecule has 0 spiro atoms. The summed E-state index contributed by atoms with van der Waals surface area (Å²) in [6.45, 7) is 1.99. The number of halogens is 1. The second-order valence-corrected chi connectivity index (χ2v) is 5.52. The van der Waals surface area contributed by atoms with Gasteiger partial charge in [-0.25, -0.2) is 4.39 Å². The van der Waals surface area contributed by atoms with Crippen LogP contribution in [-0.2, 0) is 0 Å². The van der Waals surface area contributed by atoms with Gasteiger partial charge in [0.05, 0.1) is 0 Å². The molecule has 3 heteroatoms. The monoisotopic (exact) mass is 259 g/mol. The zero-order valence-corrected chi connectivity index (χ0v) is 11.1. The number of rotatable bonds is 1. The van der Waals surface area contributed by atoms with Crippen LogP contribution in [0.2, 0.25) is 0 Å². The molecule has 0 bridgehead atoms. The van der Waals surface area contributed by atoms with Crippen molar-refractivity contribution < 1.29 is 4.39 Å². The molecule has 1 aromatic carbocycles. The smallest absolute Gasteiger partial charge is 0.258 e. The first-order chi connectivity index (χ1) is 9.15. The fourth-order valence-corrected chi connectivity index (χ4v) is 2.97. The second kappa shape index (κ2) is 4.80. The van der Waals surface area contributed by atoms with E-state index in [4.69, 9.17) is 0 Å². The van der Waals surface area contributed by atoms with E-state index in [0.29, 0.717) is 12.8 Å². The van der Waals surface area contributed by atoms with E-state index in [0.717, 1.165) is 29.2 Å². The van der Waals surface area contributed by atoms with Crippen LogP contribution in [0.1, 0.15) is 37.3 Å². The third-order valence-electron chi connectivity index (χ3n) is 4.11. The number of aromatic nitrogens is 1. The number of hydrogen-bond acceptors (Lipinski definition) is 1. The van der Waals surface area contributed by atoms with Crippen LogP contribution in [0.15, 0.2) is 35.3 Å². The minimum atomic E-state index is -0.686. The van der Waals surface area contributed by atoms with Crippen LogP contribution in [0.3, 0.4) is 0 Å². The standard InChI is InChI=1S/C16H18FNO/c1-11-2-3-12-8-9-18(16(19)15(12)10-11)14-6-4-13(17)5-7-14/h2-3,8-10,13-14H,4-7H2,1H3. The summed E-state index contributed by atoms with van der Waals surface area (Å²) in [5.41, 5.74) is 1.15. The summed E-state index contributed by atoms with van der Waals surface area (Å²) in [5.74, 6) is 0. The number of alkyl halides is 1. The fourth-order valence-electron chi connectivity index (χ4n) is 2.97. The van der Waals surface area contributed by atoms with Gasteiger partial charge in [-0.05, 0) is 50.1 Å². The summed E-state index contributed by atoms with van der Waals surface area (Å²) < 4.78 is 15.0. The van der Waals surface area contributed by atoms with Crippen molar-refractivity contribution >= 4 is 10.8 Å². The molecule has 0 atom stereocenters. The van der Waals surface area contributed by atoms with E-state index in [1.165, 1.54) is 0 Å². The van der Waals surface area contributed by atoms with Crippen LogP contribution in [0, 0.1) is 6.92 Å². The van der Waals surface area contributed by atoms with E-state index in [9.17, 15) is 9.18 Å². The minimum absolute atomic E-state index is 0.0588. The molecular weight excluding hydrogens is 241 g/mol. The summed E-state index contributed by atoms with van der Waals surface area (Å²) in [5, 5.41) is 1.75. The molecule has 1 heterocycles. The molecule has 19 heavy (non-hydrogen) atoms. The van der Waals surface area contributed by atoms with E-state index in [1.807, 2.05) is 37.4 Å². The number of fused-ring (bicyclic) bond motifs is 1. The quantitative estimate of drug-likeness (QED) is 0.764. The second-order valence-electron chi connectivity index (χ2n) is 5.52. The average Bonchev–Trinajstić information content (AvgIpc) is 2.41. The van der Waals surface area contributed by atoms with Crippen molar-refractivity contribution in [2.45, 2.75) is 44.8 Å². The molecule has 0 N–H and O–H groups in total. The normalized spacial score (nSPS) is 23.7. The largest absolute Gasteiger partial charge is 0.312 e. The maximum atomic E-state index is 13.2. The van der Waals surface area contributed by atoms with E-state index < -0.39 is 6.17 Å².